The minimum Gasteiger partial charge on any atom is -0.378 e. The number of ether oxygens (including phenoxy) is 1. The van der Waals surface area contributed by atoms with E-state index in [1.807, 2.05) is 12.3 Å². The molecule has 22 heavy (non-hydrogen) atoms. The van der Waals surface area contributed by atoms with Crippen LogP contribution in [0.15, 0.2) is 28.5 Å². The van der Waals surface area contributed by atoms with Crippen LogP contribution in [0.3, 0.4) is 0 Å². The Morgan fingerprint density at radius 3 is 2.86 bits per heavy atom. The lowest BCUT2D eigenvalue weighted by molar-refractivity contribution is 0.184. The molecule has 8 heteroatoms. The van der Waals surface area contributed by atoms with Crippen molar-refractivity contribution in [3.05, 3.63) is 44.9 Å². The van der Waals surface area contributed by atoms with E-state index in [-0.39, 0.29) is 11.4 Å². The van der Waals surface area contributed by atoms with Gasteiger partial charge < -0.3 is 4.74 Å². The zero-order valence-corrected chi connectivity index (χ0v) is 14.7. The third-order valence-corrected chi connectivity index (χ3v) is 5.73. The highest BCUT2D eigenvalue weighted by Crippen LogP contribution is 2.19. The summed E-state index contributed by atoms with van der Waals surface area (Å²) < 4.78 is 31.9. The fraction of sp³-hybridized carbons (Fsp3) is 0.357. The van der Waals surface area contributed by atoms with Gasteiger partial charge in [0, 0.05) is 30.5 Å². The van der Waals surface area contributed by atoms with E-state index in [0.29, 0.717) is 18.1 Å². The molecule has 2 aromatic rings. The quantitative estimate of drug-likeness (QED) is 0.824. The van der Waals surface area contributed by atoms with Gasteiger partial charge in [-0.3, -0.25) is 0 Å². The van der Waals surface area contributed by atoms with Crippen LogP contribution in [0.5, 0.6) is 0 Å². The average Bonchev–Trinajstić information content (AvgIpc) is 2.89. The molecule has 0 aliphatic carbocycles. The maximum Gasteiger partial charge on any atom is 0.240 e. The van der Waals surface area contributed by atoms with Gasteiger partial charge in [0.15, 0.2) is 0 Å². The molecule has 0 saturated heterocycles. The summed E-state index contributed by atoms with van der Waals surface area (Å²) in [6.07, 6.45) is 0.527. The Kier molecular flexibility index (Phi) is 5.94. The van der Waals surface area contributed by atoms with Crippen LogP contribution in [0, 0.1) is 6.92 Å². The topological polar surface area (TPSA) is 68.3 Å². The van der Waals surface area contributed by atoms with Crippen molar-refractivity contribution in [2.45, 2.75) is 24.8 Å². The number of thiazole rings is 1. The van der Waals surface area contributed by atoms with Crippen LogP contribution in [0.25, 0.3) is 0 Å². The van der Waals surface area contributed by atoms with Crippen LogP contribution in [0.2, 0.25) is 5.02 Å². The predicted molar refractivity (Wildman–Crippen MR) is 87.9 cm³/mol. The number of sulfonamides is 1. The molecule has 1 aromatic heterocycles. The van der Waals surface area contributed by atoms with Crippen molar-refractivity contribution >= 4 is 33.0 Å². The molecule has 0 bridgehead atoms. The zero-order chi connectivity index (χ0) is 16.2. The van der Waals surface area contributed by atoms with Crippen molar-refractivity contribution in [1.82, 2.24) is 9.71 Å². The Bertz CT molecular complexity index is 744. The van der Waals surface area contributed by atoms with E-state index in [1.54, 1.807) is 19.2 Å². The van der Waals surface area contributed by atoms with E-state index >= 15 is 0 Å². The Morgan fingerprint density at radius 2 is 2.18 bits per heavy atom. The molecule has 2 rings (SSSR count). The number of hydrogen-bond acceptors (Lipinski definition) is 5. The summed E-state index contributed by atoms with van der Waals surface area (Å²) >= 11 is 7.47. The molecule has 0 unspecified atom stereocenters. The molecule has 1 N–H and O–H groups in total. The van der Waals surface area contributed by atoms with Gasteiger partial charge in [0.1, 0.15) is 5.01 Å². The summed E-state index contributed by atoms with van der Waals surface area (Å²) in [5, 5.41) is 3.23. The number of methoxy groups -OCH3 is 1. The summed E-state index contributed by atoms with van der Waals surface area (Å²) in [5.74, 6) is 0. The maximum absolute atomic E-state index is 12.2. The molecule has 0 aliphatic heterocycles. The van der Waals surface area contributed by atoms with Crippen LogP contribution in [-0.4, -0.2) is 27.1 Å². The number of aryl methyl sites for hydroxylation is 1. The van der Waals surface area contributed by atoms with E-state index in [9.17, 15) is 8.42 Å². The molecule has 5 nitrogen and oxygen atoms in total. The lowest BCUT2D eigenvalue weighted by Gasteiger charge is -2.07. The zero-order valence-electron chi connectivity index (χ0n) is 12.3. The fourth-order valence-electron chi connectivity index (χ4n) is 1.79. The van der Waals surface area contributed by atoms with Gasteiger partial charge in [-0.15, -0.1) is 11.3 Å². The normalized spacial score (nSPS) is 11.8. The third-order valence-electron chi connectivity index (χ3n) is 2.99. The molecule has 0 atom stereocenters. The van der Waals surface area contributed by atoms with Gasteiger partial charge in [-0.25, -0.2) is 18.1 Å². The molecule has 1 heterocycles. The molecule has 0 fully saturated rings. The lowest BCUT2D eigenvalue weighted by atomic mass is 10.2. The van der Waals surface area contributed by atoms with Crippen molar-refractivity contribution in [3.8, 4) is 0 Å². The van der Waals surface area contributed by atoms with Gasteiger partial charge in [-0.05, 0) is 24.6 Å². The van der Waals surface area contributed by atoms with Crippen LogP contribution in [0.4, 0.5) is 0 Å². The van der Waals surface area contributed by atoms with Crippen LogP contribution in [0.1, 0.15) is 16.3 Å². The second-order valence-electron chi connectivity index (χ2n) is 4.72. The molecule has 1 aromatic carbocycles. The van der Waals surface area contributed by atoms with E-state index in [1.165, 1.54) is 17.4 Å². The SMILES string of the molecule is COCc1nc(CCNS(=O)(=O)c2ccc(C)c(Cl)c2)cs1. The maximum atomic E-state index is 12.2. The molecule has 0 saturated carbocycles. The summed E-state index contributed by atoms with van der Waals surface area (Å²) in [4.78, 5) is 4.52. The highest BCUT2D eigenvalue weighted by atomic mass is 35.5. The summed E-state index contributed by atoms with van der Waals surface area (Å²) in [7, 11) is -1.94. The van der Waals surface area contributed by atoms with E-state index in [2.05, 4.69) is 9.71 Å². The molecule has 120 valence electrons. The van der Waals surface area contributed by atoms with Gasteiger partial charge in [-0.1, -0.05) is 17.7 Å². The molecular weight excluding hydrogens is 344 g/mol. The summed E-state index contributed by atoms with van der Waals surface area (Å²) in [5.41, 5.74) is 1.69. The van der Waals surface area contributed by atoms with Crippen molar-refractivity contribution in [2.24, 2.45) is 0 Å². The molecule has 0 amide bonds. The first-order chi connectivity index (χ1) is 10.4. The second-order valence-corrected chi connectivity index (χ2v) is 7.84. The van der Waals surface area contributed by atoms with Crippen LogP contribution >= 0.6 is 22.9 Å². The highest BCUT2D eigenvalue weighted by Gasteiger charge is 2.14. The molecule has 0 spiro atoms. The van der Waals surface area contributed by atoms with Crippen molar-refractivity contribution in [2.75, 3.05) is 13.7 Å². The van der Waals surface area contributed by atoms with Gasteiger partial charge in [-0.2, -0.15) is 0 Å². The van der Waals surface area contributed by atoms with Gasteiger partial charge in [0.25, 0.3) is 0 Å². The van der Waals surface area contributed by atoms with Crippen molar-refractivity contribution < 1.29 is 13.2 Å². The average molecular weight is 361 g/mol. The molecular formula is C14H17ClN2O3S2. The largest absolute Gasteiger partial charge is 0.378 e. The number of halogens is 1. The van der Waals surface area contributed by atoms with Crippen molar-refractivity contribution in [1.29, 1.82) is 0 Å². The van der Waals surface area contributed by atoms with Crippen molar-refractivity contribution in [3.63, 3.8) is 0 Å². The Balaban J connectivity index is 1.95. The first kappa shape index (κ1) is 17.4. The standard InChI is InChI=1S/C14H17ClN2O3S2/c1-10-3-4-12(7-13(10)15)22(18,19)16-6-5-11-9-21-14(17-11)8-20-2/h3-4,7,9,16H,5-6,8H2,1-2H3. The first-order valence-electron chi connectivity index (χ1n) is 6.60. The Hall–Kier alpha value is -0.990. The summed E-state index contributed by atoms with van der Waals surface area (Å²) in [6, 6.07) is 4.69. The minimum atomic E-state index is -3.56. The minimum absolute atomic E-state index is 0.168. The predicted octanol–water partition coefficient (Wildman–Crippen LogP) is 2.77. The second kappa shape index (κ2) is 7.52. The Morgan fingerprint density at radius 1 is 1.41 bits per heavy atom. The van der Waals surface area contributed by atoms with Crippen LogP contribution < -0.4 is 4.72 Å². The van der Waals surface area contributed by atoms with Crippen LogP contribution in [-0.2, 0) is 27.8 Å². The monoisotopic (exact) mass is 360 g/mol. The number of aromatic nitrogens is 1. The number of nitrogens with zero attached hydrogens (tertiary/aromatic N) is 1. The van der Waals surface area contributed by atoms with E-state index < -0.39 is 10.0 Å². The highest BCUT2D eigenvalue weighted by molar-refractivity contribution is 7.89. The number of hydrogen-bond donors (Lipinski definition) is 1. The molecule has 0 aliphatic rings. The number of benzene rings is 1. The fourth-order valence-corrected chi connectivity index (χ4v) is 3.89. The summed E-state index contributed by atoms with van der Waals surface area (Å²) in [6.45, 7) is 2.58. The third kappa shape index (κ3) is 4.50. The smallest absolute Gasteiger partial charge is 0.240 e. The van der Waals surface area contributed by atoms with E-state index in [0.717, 1.165) is 16.3 Å². The molecule has 0 radical (unpaired) electrons. The van der Waals surface area contributed by atoms with Gasteiger partial charge in [0.05, 0.1) is 17.2 Å². The first-order valence-corrected chi connectivity index (χ1v) is 9.34. The Labute approximate surface area is 139 Å². The number of rotatable bonds is 7. The number of nitrogens with one attached hydrogen (secondary N) is 1. The lowest BCUT2D eigenvalue weighted by Crippen LogP contribution is -2.26. The van der Waals surface area contributed by atoms with Gasteiger partial charge in [0.2, 0.25) is 10.0 Å². The van der Waals surface area contributed by atoms with E-state index in [4.69, 9.17) is 16.3 Å². The van der Waals surface area contributed by atoms with Gasteiger partial charge >= 0.3 is 0 Å².